The molecule has 1 fully saturated rings. The Morgan fingerprint density at radius 3 is 2.89 bits per heavy atom. The van der Waals surface area contributed by atoms with Crippen molar-refractivity contribution in [2.45, 2.75) is 18.8 Å². The molecule has 104 valence electrons. The van der Waals surface area contributed by atoms with Crippen LogP contribution in [0.2, 0.25) is 0 Å². The van der Waals surface area contributed by atoms with Crippen molar-refractivity contribution in [1.29, 1.82) is 0 Å². The van der Waals surface area contributed by atoms with Gasteiger partial charge in [0.25, 0.3) is 0 Å². The number of likely N-dealkylation sites (N-methyl/N-ethyl adjacent to an activating group) is 1. The quantitative estimate of drug-likeness (QED) is 0.793. The lowest BCUT2D eigenvalue weighted by Gasteiger charge is -2.40. The van der Waals surface area contributed by atoms with Crippen LogP contribution < -0.4 is 4.74 Å². The van der Waals surface area contributed by atoms with Gasteiger partial charge in [0.1, 0.15) is 5.75 Å². The fourth-order valence-electron chi connectivity index (χ4n) is 3.43. The zero-order chi connectivity index (χ0) is 12.7. The number of nitrogens with zero attached hydrogens (tertiary/aromatic N) is 1. The Morgan fingerprint density at radius 1 is 1.37 bits per heavy atom. The van der Waals surface area contributed by atoms with Gasteiger partial charge in [0, 0.05) is 18.9 Å². The van der Waals surface area contributed by atoms with Crippen LogP contribution in [0.1, 0.15) is 34.7 Å². The van der Waals surface area contributed by atoms with E-state index in [2.05, 4.69) is 18.0 Å². The Kier molecular flexibility index (Phi) is 4.16. The fourth-order valence-corrected chi connectivity index (χ4v) is 3.43. The first-order valence-corrected chi connectivity index (χ1v) is 6.59. The standard InChI is InChI=1S/C15H19NO2.ClH/c1-16-7-6-10-8-13(17)15-11(12(10)9-16)4-3-5-14(15)18-2;/h3-5,10,12H,6-9H2,1-2H3;1H/t10-,12-;/m1./s1. The van der Waals surface area contributed by atoms with E-state index in [-0.39, 0.29) is 18.2 Å². The van der Waals surface area contributed by atoms with Crippen LogP contribution in [0.4, 0.5) is 0 Å². The van der Waals surface area contributed by atoms with E-state index in [0.29, 0.717) is 18.3 Å². The van der Waals surface area contributed by atoms with Gasteiger partial charge in [-0.05, 0) is 37.6 Å². The monoisotopic (exact) mass is 281 g/mol. The van der Waals surface area contributed by atoms with Crippen molar-refractivity contribution in [1.82, 2.24) is 4.90 Å². The number of fused-ring (bicyclic) bond motifs is 3. The van der Waals surface area contributed by atoms with Gasteiger partial charge in [0.15, 0.2) is 5.78 Å². The number of likely N-dealkylation sites (tertiary alicyclic amines) is 1. The third kappa shape index (κ3) is 2.37. The molecule has 0 amide bonds. The number of ether oxygens (including phenoxy) is 1. The Morgan fingerprint density at radius 2 is 2.16 bits per heavy atom. The molecule has 0 radical (unpaired) electrons. The lowest BCUT2D eigenvalue weighted by molar-refractivity contribution is 0.0883. The molecule has 0 aromatic heterocycles. The third-order valence-corrected chi connectivity index (χ3v) is 4.36. The van der Waals surface area contributed by atoms with Gasteiger partial charge < -0.3 is 9.64 Å². The summed E-state index contributed by atoms with van der Waals surface area (Å²) in [6, 6.07) is 6.00. The number of methoxy groups -OCH3 is 1. The Hall–Kier alpha value is -1.06. The SMILES string of the molecule is COc1cccc2c1C(=O)C[C@H]1CCN(C)C[C@@H]21.Cl. The lowest BCUT2D eigenvalue weighted by Crippen LogP contribution is -2.40. The summed E-state index contributed by atoms with van der Waals surface area (Å²) in [6.45, 7) is 2.16. The number of rotatable bonds is 1. The van der Waals surface area contributed by atoms with Crippen LogP contribution in [-0.2, 0) is 0 Å². The molecule has 1 aromatic rings. The number of hydrogen-bond donors (Lipinski definition) is 0. The number of carbonyl (C=O) groups is 1. The molecule has 0 unspecified atom stereocenters. The molecule has 3 rings (SSSR count). The van der Waals surface area contributed by atoms with E-state index in [9.17, 15) is 4.79 Å². The topological polar surface area (TPSA) is 29.5 Å². The summed E-state index contributed by atoms with van der Waals surface area (Å²) in [4.78, 5) is 14.7. The highest BCUT2D eigenvalue weighted by molar-refractivity contribution is 6.01. The molecule has 1 heterocycles. The Balaban J connectivity index is 0.00000133. The predicted octanol–water partition coefficient (Wildman–Crippen LogP) is 2.74. The zero-order valence-electron chi connectivity index (χ0n) is 11.4. The second kappa shape index (κ2) is 5.51. The van der Waals surface area contributed by atoms with E-state index >= 15 is 0 Å². The summed E-state index contributed by atoms with van der Waals surface area (Å²) in [7, 11) is 3.80. The molecular weight excluding hydrogens is 262 g/mol. The highest BCUT2D eigenvalue weighted by Crippen LogP contribution is 2.43. The second-order valence-corrected chi connectivity index (χ2v) is 5.47. The summed E-state index contributed by atoms with van der Waals surface area (Å²) in [5.74, 6) is 2.01. The van der Waals surface area contributed by atoms with Gasteiger partial charge in [-0.15, -0.1) is 12.4 Å². The predicted molar refractivity (Wildman–Crippen MR) is 77.5 cm³/mol. The minimum absolute atomic E-state index is 0. The fraction of sp³-hybridized carbons (Fsp3) is 0.533. The highest BCUT2D eigenvalue weighted by Gasteiger charge is 2.38. The largest absolute Gasteiger partial charge is 0.496 e. The molecule has 2 aliphatic rings. The summed E-state index contributed by atoms with van der Waals surface area (Å²) < 4.78 is 5.36. The van der Waals surface area contributed by atoms with Crippen molar-refractivity contribution in [2.24, 2.45) is 5.92 Å². The molecule has 0 bridgehead atoms. The van der Waals surface area contributed by atoms with Gasteiger partial charge >= 0.3 is 0 Å². The van der Waals surface area contributed by atoms with Crippen molar-refractivity contribution < 1.29 is 9.53 Å². The zero-order valence-corrected chi connectivity index (χ0v) is 12.2. The summed E-state index contributed by atoms with van der Waals surface area (Å²) in [5.41, 5.74) is 2.03. The van der Waals surface area contributed by atoms with E-state index in [1.54, 1.807) is 7.11 Å². The van der Waals surface area contributed by atoms with Crippen LogP contribution in [0.3, 0.4) is 0 Å². The minimum Gasteiger partial charge on any atom is -0.496 e. The van der Waals surface area contributed by atoms with Gasteiger partial charge in [-0.3, -0.25) is 4.79 Å². The summed E-state index contributed by atoms with van der Waals surface area (Å²) in [6.07, 6.45) is 1.81. The van der Waals surface area contributed by atoms with Crippen LogP contribution >= 0.6 is 12.4 Å². The van der Waals surface area contributed by atoms with Crippen LogP contribution in [-0.4, -0.2) is 37.9 Å². The van der Waals surface area contributed by atoms with Gasteiger partial charge in [-0.25, -0.2) is 0 Å². The molecular formula is C15H20ClNO2. The van der Waals surface area contributed by atoms with E-state index < -0.39 is 0 Å². The molecule has 0 N–H and O–H groups in total. The molecule has 1 aliphatic heterocycles. The van der Waals surface area contributed by atoms with Crippen LogP contribution in [0, 0.1) is 5.92 Å². The number of benzene rings is 1. The first-order valence-electron chi connectivity index (χ1n) is 6.59. The molecule has 1 aliphatic carbocycles. The number of halogens is 1. The van der Waals surface area contributed by atoms with E-state index in [0.717, 1.165) is 30.8 Å². The maximum atomic E-state index is 12.3. The van der Waals surface area contributed by atoms with Gasteiger partial charge in [0.2, 0.25) is 0 Å². The van der Waals surface area contributed by atoms with E-state index in [4.69, 9.17) is 4.74 Å². The van der Waals surface area contributed by atoms with Crippen LogP contribution in [0.15, 0.2) is 18.2 Å². The maximum Gasteiger partial charge on any atom is 0.167 e. The van der Waals surface area contributed by atoms with Crippen LogP contribution in [0.5, 0.6) is 5.75 Å². The number of Topliss-reactive ketones (excluding diaryl/α,β-unsaturated/α-hetero) is 1. The van der Waals surface area contributed by atoms with Crippen LogP contribution in [0.25, 0.3) is 0 Å². The molecule has 1 saturated heterocycles. The lowest BCUT2D eigenvalue weighted by atomic mass is 9.71. The molecule has 19 heavy (non-hydrogen) atoms. The van der Waals surface area contributed by atoms with Crippen molar-refractivity contribution in [2.75, 3.05) is 27.2 Å². The third-order valence-electron chi connectivity index (χ3n) is 4.36. The molecule has 2 atom stereocenters. The Bertz CT molecular complexity index is 489. The molecule has 0 saturated carbocycles. The van der Waals surface area contributed by atoms with Crippen molar-refractivity contribution >= 4 is 18.2 Å². The second-order valence-electron chi connectivity index (χ2n) is 5.47. The number of piperidine rings is 1. The normalized spacial score (nSPS) is 26.1. The average molecular weight is 282 g/mol. The van der Waals surface area contributed by atoms with Gasteiger partial charge in [0.05, 0.1) is 12.7 Å². The highest BCUT2D eigenvalue weighted by atomic mass is 35.5. The Labute approximate surface area is 120 Å². The van der Waals surface area contributed by atoms with Crippen molar-refractivity contribution in [3.8, 4) is 5.75 Å². The van der Waals surface area contributed by atoms with Crippen molar-refractivity contribution in [3.63, 3.8) is 0 Å². The first-order chi connectivity index (χ1) is 8.70. The van der Waals surface area contributed by atoms with Crippen molar-refractivity contribution in [3.05, 3.63) is 29.3 Å². The summed E-state index contributed by atoms with van der Waals surface area (Å²) >= 11 is 0. The number of ketones is 1. The molecule has 3 nitrogen and oxygen atoms in total. The first kappa shape index (κ1) is 14.4. The minimum atomic E-state index is 0. The van der Waals surface area contributed by atoms with Gasteiger partial charge in [-0.2, -0.15) is 0 Å². The van der Waals surface area contributed by atoms with E-state index in [1.165, 1.54) is 5.56 Å². The van der Waals surface area contributed by atoms with E-state index in [1.807, 2.05) is 12.1 Å². The maximum absolute atomic E-state index is 12.3. The molecule has 4 heteroatoms. The number of hydrogen-bond acceptors (Lipinski definition) is 3. The molecule has 1 aromatic carbocycles. The average Bonchev–Trinajstić information content (AvgIpc) is 2.39. The number of carbonyl (C=O) groups excluding carboxylic acids is 1. The van der Waals surface area contributed by atoms with Gasteiger partial charge in [-0.1, -0.05) is 12.1 Å². The molecule has 0 spiro atoms. The smallest absolute Gasteiger partial charge is 0.167 e. The summed E-state index contributed by atoms with van der Waals surface area (Å²) in [5, 5.41) is 0.